The number of carbonyl (C=O) groups excluding carboxylic acids is 1. The lowest BCUT2D eigenvalue weighted by Crippen LogP contribution is -2.12. The first-order valence-corrected chi connectivity index (χ1v) is 5.36. The number of hydrogen-bond acceptors (Lipinski definition) is 1. The Morgan fingerprint density at radius 1 is 1.27 bits per heavy atom. The number of aromatic amines is 1. The maximum absolute atomic E-state index is 11.4. The molecule has 0 amide bonds. The van der Waals surface area contributed by atoms with E-state index in [4.69, 9.17) is 0 Å². The summed E-state index contributed by atoms with van der Waals surface area (Å²) in [7, 11) is 0. The molecule has 0 atom stereocenters. The number of H-pyrrole nitrogens is 1. The predicted octanol–water partition coefficient (Wildman–Crippen LogP) is 2.53. The second-order valence-electron chi connectivity index (χ2n) is 4.35. The Morgan fingerprint density at radius 2 is 2.13 bits per heavy atom. The molecule has 1 N–H and O–H groups in total. The fourth-order valence-corrected chi connectivity index (χ4v) is 2.38. The second-order valence-corrected chi connectivity index (χ2v) is 4.35. The smallest absolute Gasteiger partial charge is 0.137 e. The molecule has 0 bridgehead atoms. The van der Waals surface area contributed by atoms with Crippen LogP contribution in [-0.4, -0.2) is 10.8 Å². The fraction of sp³-hybridized carbons (Fsp3) is 0.308. The molecule has 0 aliphatic heterocycles. The van der Waals surface area contributed by atoms with Gasteiger partial charge < -0.3 is 4.98 Å². The summed E-state index contributed by atoms with van der Waals surface area (Å²) < 4.78 is 0. The van der Waals surface area contributed by atoms with E-state index in [0.29, 0.717) is 18.6 Å². The Balaban J connectivity index is 2.30. The van der Waals surface area contributed by atoms with Crippen molar-refractivity contribution >= 4 is 16.7 Å². The Morgan fingerprint density at radius 3 is 3.00 bits per heavy atom. The van der Waals surface area contributed by atoms with Crippen LogP contribution >= 0.6 is 0 Å². The third-order valence-electron chi connectivity index (χ3n) is 3.18. The normalized spacial score (nSPS) is 15.7. The molecular formula is C13H13NO. The molecule has 1 aromatic heterocycles. The first-order chi connectivity index (χ1) is 7.24. The fourth-order valence-electron chi connectivity index (χ4n) is 2.38. The number of nitrogens with one attached hydrogen (secondary N) is 1. The van der Waals surface area contributed by atoms with Crippen molar-refractivity contribution in [3.05, 3.63) is 35.0 Å². The average Bonchev–Trinajstić information content (AvgIpc) is 2.56. The standard InChI is InChI=1S/C13H13NO/c1-8-2-4-12-10(6-8)11-7-9(15)3-5-13(11)14-12/h2,4,6,14H,3,5,7H2,1H3. The molecule has 1 aliphatic carbocycles. The summed E-state index contributed by atoms with van der Waals surface area (Å²) in [5.74, 6) is 0.366. The molecule has 2 nitrogen and oxygen atoms in total. The molecule has 2 heteroatoms. The van der Waals surface area contributed by atoms with Gasteiger partial charge in [0, 0.05) is 29.4 Å². The summed E-state index contributed by atoms with van der Waals surface area (Å²) in [6, 6.07) is 6.38. The SMILES string of the molecule is Cc1ccc2[nH]c3c(c2c1)CC(=O)CC3. The number of rotatable bonds is 0. The van der Waals surface area contributed by atoms with E-state index < -0.39 is 0 Å². The van der Waals surface area contributed by atoms with Gasteiger partial charge in [-0.05, 0) is 31.0 Å². The summed E-state index contributed by atoms with van der Waals surface area (Å²) in [5, 5.41) is 1.23. The van der Waals surface area contributed by atoms with Crippen molar-refractivity contribution in [3.63, 3.8) is 0 Å². The summed E-state index contributed by atoms with van der Waals surface area (Å²) in [4.78, 5) is 14.9. The van der Waals surface area contributed by atoms with Gasteiger partial charge in [0.1, 0.15) is 5.78 Å². The third kappa shape index (κ3) is 1.29. The van der Waals surface area contributed by atoms with E-state index in [0.717, 1.165) is 6.42 Å². The molecule has 1 heterocycles. The van der Waals surface area contributed by atoms with E-state index in [1.165, 1.54) is 27.7 Å². The number of hydrogen-bond donors (Lipinski definition) is 1. The van der Waals surface area contributed by atoms with Crippen LogP contribution < -0.4 is 0 Å². The van der Waals surface area contributed by atoms with Crippen LogP contribution in [0.3, 0.4) is 0 Å². The van der Waals surface area contributed by atoms with Crippen LogP contribution in [-0.2, 0) is 17.6 Å². The first-order valence-electron chi connectivity index (χ1n) is 5.36. The van der Waals surface area contributed by atoms with Gasteiger partial charge in [-0.2, -0.15) is 0 Å². The Kier molecular flexibility index (Phi) is 1.72. The van der Waals surface area contributed by atoms with E-state index in [2.05, 4.69) is 30.1 Å². The van der Waals surface area contributed by atoms with Crippen LogP contribution in [0.15, 0.2) is 18.2 Å². The third-order valence-corrected chi connectivity index (χ3v) is 3.18. The van der Waals surface area contributed by atoms with E-state index in [9.17, 15) is 4.79 Å². The average molecular weight is 199 g/mol. The Labute approximate surface area is 88.3 Å². The van der Waals surface area contributed by atoms with Crippen LogP contribution in [0.5, 0.6) is 0 Å². The summed E-state index contributed by atoms with van der Waals surface area (Å²) in [5.41, 5.74) is 4.91. The van der Waals surface area contributed by atoms with Gasteiger partial charge in [-0.15, -0.1) is 0 Å². The lowest BCUT2D eigenvalue weighted by atomic mass is 9.94. The van der Waals surface area contributed by atoms with Crippen molar-refractivity contribution in [2.75, 3.05) is 0 Å². The van der Waals surface area contributed by atoms with Crippen molar-refractivity contribution < 1.29 is 4.79 Å². The maximum atomic E-state index is 11.4. The van der Waals surface area contributed by atoms with Crippen LogP contribution in [0.4, 0.5) is 0 Å². The largest absolute Gasteiger partial charge is 0.358 e. The Hall–Kier alpha value is -1.57. The monoisotopic (exact) mass is 199 g/mol. The molecule has 1 aromatic carbocycles. The van der Waals surface area contributed by atoms with Crippen molar-refractivity contribution in [1.29, 1.82) is 0 Å². The summed E-state index contributed by atoms with van der Waals surface area (Å²) >= 11 is 0. The van der Waals surface area contributed by atoms with E-state index in [1.807, 2.05) is 0 Å². The van der Waals surface area contributed by atoms with E-state index >= 15 is 0 Å². The van der Waals surface area contributed by atoms with Crippen LogP contribution in [0.1, 0.15) is 23.2 Å². The van der Waals surface area contributed by atoms with Gasteiger partial charge in [0.15, 0.2) is 0 Å². The summed E-state index contributed by atoms with van der Waals surface area (Å²) in [6.07, 6.45) is 2.18. The zero-order valence-corrected chi connectivity index (χ0v) is 8.76. The quantitative estimate of drug-likeness (QED) is 0.694. The Bertz CT molecular complexity index is 551. The van der Waals surface area contributed by atoms with Gasteiger partial charge in [0.2, 0.25) is 0 Å². The lowest BCUT2D eigenvalue weighted by Gasteiger charge is -2.09. The molecule has 1 aliphatic rings. The van der Waals surface area contributed by atoms with Crippen LogP contribution in [0.2, 0.25) is 0 Å². The number of aromatic nitrogens is 1. The van der Waals surface area contributed by atoms with Gasteiger partial charge in [-0.1, -0.05) is 11.6 Å². The highest BCUT2D eigenvalue weighted by atomic mass is 16.1. The molecular weight excluding hydrogens is 186 g/mol. The van der Waals surface area contributed by atoms with Gasteiger partial charge in [0.25, 0.3) is 0 Å². The highest BCUT2D eigenvalue weighted by Gasteiger charge is 2.19. The molecule has 15 heavy (non-hydrogen) atoms. The topological polar surface area (TPSA) is 32.9 Å². The van der Waals surface area contributed by atoms with Gasteiger partial charge in [-0.3, -0.25) is 4.79 Å². The van der Waals surface area contributed by atoms with Crippen molar-refractivity contribution in [3.8, 4) is 0 Å². The predicted molar refractivity (Wildman–Crippen MR) is 60.1 cm³/mol. The molecule has 0 unspecified atom stereocenters. The number of carbonyl (C=O) groups is 1. The number of Topliss-reactive ketones (excluding diaryl/α,β-unsaturated/α-hetero) is 1. The summed E-state index contributed by atoms with van der Waals surface area (Å²) in [6.45, 7) is 2.09. The molecule has 76 valence electrons. The lowest BCUT2D eigenvalue weighted by molar-refractivity contribution is -0.118. The zero-order chi connectivity index (χ0) is 10.4. The van der Waals surface area contributed by atoms with E-state index in [1.54, 1.807) is 0 Å². The zero-order valence-electron chi connectivity index (χ0n) is 8.76. The molecule has 0 saturated carbocycles. The number of fused-ring (bicyclic) bond motifs is 3. The molecule has 3 rings (SSSR count). The minimum absolute atomic E-state index is 0.366. The molecule has 0 spiro atoms. The first kappa shape index (κ1) is 8.72. The molecule has 0 fully saturated rings. The number of benzene rings is 1. The van der Waals surface area contributed by atoms with Gasteiger partial charge in [0.05, 0.1) is 0 Å². The molecule has 0 radical (unpaired) electrons. The van der Waals surface area contributed by atoms with Crippen molar-refractivity contribution in [2.45, 2.75) is 26.2 Å². The number of aryl methyl sites for hydroxylation is 2. The van der Waals surface area contributed by atoms with E-state index in [-0.39, 0.29) is 0 Å². The maximum Gasteiger partial charge on any atom is 0.137 e. The van der Waals surface area contributed by atoms with Crippen LogP contribution in [0.25, 0.3) is 10.9 Å². The van der Waals surface area contributed by atoms with Gasteiger partial charge >= 0.3 is 0 Å². The molecule has 0 saturated heterocycles. The van der Waals surface area contributed by atoms with Crippen molar-refractivity contribution in [1.82, 2.24) is 4.98 Å². The highest BCUT2D eigenvalue weighted by molar-refractivity contribution is 5.93. The van der Waals surface area contributed by atoms with Crippen molar-refractivity contribution in [2.24, 2.45) is 0 Å². The van der Waals surface area contributed by atoms with Crippen LogP contribution in [0, 0.1) is 6.92 Å². The second kappa shape index (κ2) is 2.96. The number of ketones is 1. The highest BCUT2D eigenvalue weighted by Crippen LogP contribution is 2.28. The molecule has 2 aromatic rings. The minimum atomic E-state index is 0.366. The van der Waals surface area contributed by atoms with Gasteiger partial charge in [-0.25, -0.2) is 0 Å². The minimum Gasteiger partial charge on any atom is -0.358 e.